The highest BCUT2D eigenvalue weighted by Crippen LogP contribution is 2.18. The summed E-state index contributed by atoms with van der Waals surface area (Å²) in [5.41, 5.74) is 1.85. The minimum atomic E-state index is -0.413. The van der Waals surface area contributed by atoms with Crippen LogP contribution in [0.15, 0.2) is 6.20 Å². The highest BCUT2D eigenvalue weighted by Gasteiger charge is 2.24. The maximum atomic E-state index is 11.8. The topological polar surface area (TPSA) is 56.1 Å². The number of hydrogen-bond donors (Lipinski definition) is 1. The van der Waals surface area contributed by atoms with E-state index in [2.05, 4.69) is 17.3 Å². The number of nitrogens with one attached hydrogen (secondary N) is 1. The zero-order valence-electron chi connectivity index (χ0n) is 11.0. The summed E-state index contributed by atoms with van der Waals surface area (Å²) in [6.45, 7) is 4.86. The highest BCUT2D eigenvalue weighted by molar-refractivity contribution is 5.77. The summed E-state index contributed by atoms with van der Waals surface area (Å²) < 4.78 is 6.57. The summed E-state index contributed by atoms with van der Waals surface area (Å²) in [7, 11) is 3.27. The molecule has 17 heavy (non-hydrogen) atoms. The number of carbonyl (C=O) groups is 1. The summed E-state index contributed by atoms with van der Waals surface area (Å²) in [5, 5.41) is 7.54. The van der Waals surface area contributed by atoms with Crippen LogP contribution in [0.4, 0.5) is 0 Å². The average molecular weight is 239 g/mol. The predicted octanol–water partition coefficient (Wildman–Crippen LogP) is 1.20. The Hall–Kier alpha value is -1.36. The fourth-order valence-corrected chi connectivity index (χ4v) is 1.80. The molecule has 1 rings (SSSR count). The van der Waals surface area contributed by atoms with Crippen molar-refractivity contribution in [1.29, 1.82) is 0 Å². The van der Waals surface area contributed by atoms with Crippen molar-refractivity contribution in [3.8, 4) is 0 Å². The summed E-state index contributed by atoms with van der Waals surface area (Å²) in [5.74, 6) is -0.263. The normalized spacial score (nSPS) is 12.5. The molecule has 1 unspecified atom stereocenters. The van der Waals surface area contributed by atoms with Gasteiger partial charge in [-0.3, -0.25) is 4.68 Å². The Balaban J connectivity index is 2.98. The quantitative estimate of drug-likeness (QED) is 0.758. The molecule has 5 nitrogen and oxygen atoms in total. The van der Waals surface area contributed by atoms with Crippen LogP contribution in [-0.4, -0.2) is 29.4 Å². The van der Waals surface area contributed by atoms with Crippen LogP contribution >= 0.6 is 0 Å². The number of aromatic nitrogens is 2. The van der Waals surface area contributed by atoms with E-state index in [1.807, 2.05) is 20.2 Å². The molecule has 0 saturated carbocycles. The summed E-state index contributed by atoms with van der Waals surface area (Å²) in [6, 6.07) is -0.413. The predicted molar refractivity (Wildman–Crippen MR) is 65.6 cm³/mol. The third kappa shape index (κ3) is 3.30. The molecule has 0 aliphatic heterocycles. The van der Waals surface area contributed by atoms with Crippen molar-refractivity contribution < 1.29 is 9.53 Å². The maximum Gasteiger partial charge on any atom is 0.327 e. The number of methoxy groups -OCH3 is 1. The number of nitrogens with zero attached hydrogens (tertiary/aromatic N) is 2. The van der Waals surface area contributed by atoms with Crippen LogP contribution in [-0.2, 0) is 23.0 Å². The molecular formula is C12H21N3O2. The van der Waals surface area contributed by atoms with Gasteiger partial charge in [-0.15, -0.1) is 0 Å². The van der Waals surface area contributed by atoms with E-state index >= 15 is 0 Å². The van der Waals surface area contributed by atoms with Crippen LogP contribution in [0.3, 0.4) is 0 Å². The molecule has 1 aromatic rings. The molecule has 0 radical (unpaired) electrons. The second-order valence-corrected chi connectivity index (χ2v) is 3.97. The molecule has 0 amide bonds. The van der Waals surface area contributed by atoms with Crippen molar-refractivity contribution in [2.45, 2.75) is 32.7 Å². The maximum absolute atomic E-state index is 11.8. The summed E-state index contributed by atoms with van der Waals surface area (Å²) in [6.07, 6.45) is 3.65. The van der Waals surface area contributed by atoms with E-state index < -0.39 is 6.04 Å². The second-order valence-electron chi connectivity index (χ2n) is 3.97. The molecule has 1 heterocycles. The van der Waals surface area contributed by atoms with Crippen LogP contribution in [0.1, 0.15) is 37.6 Å². The van der Waals surface area contributed by atoms with Crippen molar-refractivity contribution in [2.75, 3.05) is 13.7 Å². The Bertz CT molecular complexity index is 374. The molecule has 0 aliphatic carbocycles. The average Bonchev–Trinajstić information content (AvgIpc) is 2.70. The smallest absolute Gasteiger partial charge is 0.327 e. The first-order valence-electron chi connectivity index (χ1n) is 5.97. The van der Waals surface area contributed by atoms with E-state index in [0.717, 1.165) is 30.6 Å². The van der Waals surface area contributed by atoms with Gasteiger partial charge >= 0.3 is 5.97 Å². The Morgan fingerprint density at radius 2 is 2.29 bits per heavy atom. The van der Waals surface area contributed by atoms with Crippen molar-refractivity contribution in [3.63, 3.8) is 0 Å². The number of aryl methyl sites for hydroxylation is 2. The zero-order valence-corrected chi connectivity index (χ0v) is 11.0. The molecule has 96 valence electrons. The minimum Gasteiger partial charge on any atom is -0.468 e. The van der Waals surface area contributed by atoms with Gasteiger partial charge in [-0.25, -0.2) is 4.79 Å². The first-order chi connectivity index (χ1) is 8.13. The van der Waals surface area contributed by atoms with Crippen molar-refractivity contribution in [3.05, 3.63) is 17.5 Å². The lowest BCUT2D eigenvalue weighted by Crippen LogP contribution is -2.30. The van der Waals surface area contributed by atoms with Crippen LogP contribution < -0.4 is 5.32 Å². The summed E-state index contributed by atoms with van der Waals surface area (Å²) in [4.78, 5) is 11.8. The van der Waals surface area contributed by atoms with E-state index in [1.165, 1.54) is 7.11 Å². The molecule has 1 atom stereocenters. The first kappa shape index (κ1) is 13.7. The molecule has 0 fully saturated rings. The van der Waals surface area contributed by atoms with Crippen LogP contribution in [0.2, 0.25) is 0 Å². The van der Waals surface area contributed by atoms with E-state index in [-0.39, 0.29) is 5.97 Å². The van der Waals surface area contributed by atoms with E-state index in [0.29, 0.717) is 0 Å². The molecule has 5 heteroatoms. The number of rotatable bonds is 6. The van der Waals surface area contributed by atoms with E-state index in [9.17, 15) is 4.79 Å². The van der Waals surface area contributed by atoms with Crippen LogP contribution in [0.5, 0.6) is 0 Å². The number of ether oxygens (including phenoxy) is 1. The number of hydrogen-bond acceptors (Lipinski definition) is 4. The Labute approximate surface area is 102 Å². The molecule has 0 spiro atoms. The van der Waals surface area contributed by atoms with Gasteiger partial charge < -0.3 is 10.1 Å². The second kappa shape index (κ2) is 6.39. The minimum absolute atomic E-state index is 0.263. The Morgan fingerprint density at radius 1 is 1.59 bits per heavy atom. The fraction of sp³-hybridized carbons (Fsp3) is 0.667. The molecule has 0 aliphatic rings. The molecule has 0 saturated heterocycles. The van der Waals surface area contributed by atoms with Crippen molar-refractivity contribution in [2.24, 2.45) is 7.05 Å². The van der Waals surface area contributed by atoms with Gasteiger partial charge in [-0.05, 0) is 19.4 Å². The standard InChI is InChI=1S/C12H21N3O2/c1-5-7-13-11(12(16)17-4)9-8-15(3)14-10(9)6-2/h8,11,13H,5-7H2,1-4H3. The lowest BCUT2D eigenvalue weighted by atomic mass is 10.1. The molecule has 0 aromatic carbocycles. The van der Waals surface area contributed by atoms with E-state index in [1.54, 1.807) is 4.68 Å². The number of carbonyl (C=O) groups excluding carboxylic acids is 1. The van der Waals surface area contributed by atoms with E-state index in [4.69, 9.17) is 4.74 Å². The third-order valence-corrected chi connectivity index (χ3v) is 2.62. The van der Waals surface area contributed by atoms with Gasteiger partial charge in [0.05, 0.1) is 12.8 Å². The molecule has 0 bridgehead atoms. The van der Waals surface area contributed by atoms with Gasteiger partial charge in [0.25, 0.3) is 0 Å². The molecule has 1 N–H and O–H groups in total. The SMILES string of the molecule is CCCNC(C(=O)OC)c1cn(C)nc1CC. The third-order valence-electron chi connectivity index (χ3n) is 2.62. The lowest BCUT2D eigenvalue weighted by Gasteiger charge is -2.15. The van der Waals surface area contributed by atoms with Crippen LogP contribution in [0, 0.1) is 0 Å². The van der Waals surface area contributed by atoms with Crippen molar-refractivity contribution >= 4 is 5.97 Å². The fourth-order valence-electron chi connectivity index (χ4n) is 1.80. The first-order valence-corrected chi connectivity index (χ1v) is 5.97. The van der Waals surface area contributed by atoms with Gasteiger partial charge in [-0.2, -0.15) is 5.10 Å². The Morgan fingerprint density at radius 3 is 2.82 bits per heavy atom. The zero-order chi connectivity index (χ0) is 12.8. The lowest BCUT2D eigenvalue weighted by molar-refractivity contribution is -0.143. The molecule has 1 aromatic heterocycles. The number of esters is 1. The largest absolute Gasteiger partial charge is 0.468 e. The van der Waals surface area contributed by atoms with Gasteiger partial charge in [0.15, 0.2) is 0 Å². The van der Waals surface area contributed by atoms with Gasteiger partial charge in [-0.1, -0.05) is 13.8 Å². The van der Waals surface area contributed by atoms with Gasteiger partial charge in [0.2, 0.25) is 0 Å². The van der Waals surface area contributed by atoms with Crippen LogP contribution in [0.25, 0.3) is 0 Å². The Kier molecular flexibility index (Phi) is 5.15. The van der Waals surface area contributed by atoms with Crippen molar-refractivity contribution in [1.82, 2.24) is 15.1 Å². The molecular weight excluding hydrogens is 218 g/mol. The monoisotopic (exact) mass is 239 g/mol. The highest BCUT2D eigenvalue weighted by atomic mass is 16.5. The van der Waals surface area contributed by atoms with Gasteiger partial charge in [0.1, 0.15) is 6.04 Å². The van der Waals surface area contributed by atoms with Gasteiger partial charge in [0, 0.05) is 18.8 Å². The summed E-state index contributed by atoms with van der Waals surface area (Å²) >= 11 is 0.